The van der Waals surface area contributed by atoms with Crippen LogP contribution in [0.5, 0.6) is 0 Å². The van der Waals surface area contributed by atoms with Gasteiger partial charge in [0.1, 0.15) is 5.52 Å². The third-order valence-electron chi connectivity index (χ3n) is 3.67. The van der Waals surface area contributed by atoms with Crippen molar-refractivity contribution in [3.63, 3.8) is 0 Å². The number of nitrogens with one attached hydrogen (secondary N) is 1. The Morgan fingerprint density at radius 3 is 2.77 bits per heavy atom. The summed E-state index contributed by atoms with van der Waals surface area (Å²) in [6, 6.07) is 9.82. The van der Waals surface area contributed by atoms with Crippen molar-refractivity contribution < 1.29 is 18.0 Å². The molecule has 5 nitrogen and oxygen atoms in total. The van der Waals surface area contributed by atoms with Gasteiger partial charge >= 0.3 is 6.18 Å². The van der Waals surface area contributed by atoms with E-state index in [0.717, 1.165) is 10.1 Å². The average Bonchev–Trinajstić information content (AvgIpc) is 2.94. The summed E-state index contributed by atoms with van der Waals surface area (Å²) in [5.74, 6) is -1.34. The third-order valence-corrected chi connectivity index (χ3v) is 3.90. The molecule has 0 saturated heterocycles. The van der Waals surface area contributed by atoms with Crippen LogP contribution in [0.15, 0.2) is 42.6 Å². The molecule has 0 bridgehead atoms. The minimum Gasteiger partial charge on any atom is -0.354 e. The summed E-state index contributed by atoms with van der Waals surface area (Å²) in [4.78, 5) is 19.6. The van der Waals surface area contributed by atoms with Gasteiger partial charge in [-0.05, 0) is 29.8 Å². The molecule has 0 spiro atoms. The van der Waals surface area contributed by atoms with Gasteiger partial charge in [0, 0.05) is 24.3 Å². The maximum absolute atomic E-state index is 13.2. The molecule has 2 aromatic heterocycles. The SMILES string of the molecule is O=C(Cc1cccc(Cl)c1)NCCn1c(C(F)(F)F)nc2cccnc21. The lowest BCUT2D eigenvalue weighted by molar-refractivity contribution is -0.146. The lowest BCUT2D eigenvalue weighted by Gasteiger charge is -2.11. The van der Waals surface area contributed by atoms with Crippen LogP contribution in [0.4, 0.5) is 13.2 Å². The zero-order valence-corrected chi connectivity index (χ0v) is 14.2. The number of fused-ring (bicyclic) bond motifs is 1. The van der Waals surface area contributed by atoms with Crippen molar-refractivity contribution in [2.24, 2.45) is 0 Å². The molecule has 0 saturated carbocycles. The zero-order chi connectivity index (χ0) is 18.7. The van der Waals surface area contributed by atoms with Crippen molar-refractivity contribution in [3.05, 3.63) is 59.0 Å². The minimum absolute atomic E-state index is 0.0184. The summed E-state index contributed by atoms with van der Waals surface area (Å²) in [5, 5.41) is 3.12. The van der Waals surface area contributed by atoms with Crippen LogP contribution in [-0.2, 0) is 23.9 Å². The van der Waals surface area contributed by atoms with Gasteiger partial charge in [-0.15, -0.1) is 0 Å². The largest absolute Gasteiger partial charge is 0.449 e. The van der Waals surface area contributed by atoms with E-state index in [4.69, 9.17) is 11.6 Å². The Hall–Kier alpha value is -2.61. The summed E-state index contributed by atoms with van der Waals surface area (Å²) in [6.07, 6.45) is -3.11. The first-order valence-electron chi connectivity index (χ1n) is 7.74. The van der Waals surface area contributed by atoms with E-state index in [1.165, 1.54) is 18.3 Å². The summed E-state index contributed by atoms with van der Waals surface area (Å²) in [7, 11) is 0. The summed E-state index contributed by atoms with van der Waals surface area (Å²) >= 11 is 5.86. The molecule has 3 rings (SSSR count). The number of halogens is 4. The van der Waals surface area contributed by atoms with Crippen LogP contribution in [0, 0.1) is 0 Å². The second kappa shape index (κ2) is 7.33. The molecule has 2 heterocycles. The maximum atomic E-state index is 13.2. The summed E-state index contributed by atoms with van der Waals surface area (Å²) in [5.41, 5.74) is 1.01. The number of hydrogen-bond donors (Lipinski definition) is 1. The van der Waals surface area contributed by atoms with Crippen molar-refractivity contribution in [1.29, 1.82) is 0 Å². The number of aromatic nitrogens is 3. The fourth-order valence-corrected chi connectivity index (χ4v) is 2.80. The Morgan fingerprint density at radius 2 is 2.04 bits per heavy atom. The molecule has 1 N–H and O–H groups in total. The zero-order valence-electron chi connectivity index (χ0n) is 13.4. The molecule has 0 atom stereocenters. The highest BCUT2D eigenvalue weighted by Gasteiger charge is 2.37. The van der Waals surface area contributed by atoms with Gasteiger partial charge in [-0.25, -0.2) is 9.97 Å². The Labute approximate surface area is 151 Å². The lowest BCUT2D eigenvalue weighted by Crippen LogP contribution is -2.29. The fraction of sp³-hybridized carbons (Fsp3) is 0.235. The van der Waals surface area contributed by atoms with Crippen LogP contribution in [0.25, 0.3) is 11.2 Å². The topological polar surface area (TPSA) is 59.8 Å². The number of hydrogen-bond acceptors (Lipinski definition) is 3. The smallest absolute Gasteiger partial charge is 0.354 e. The van der Waals surface area contributed by atoms with E-state index < -0.39 is 12.0 Å². The van der Waals surface area contributed by atoms with Gasteiger partial charge in [0.2, 0.25) is 11.7 Å². The van der Waals surface area contributed by atoms with E-state index in [9.17, 15) is 18.0 Å². The van der Waals surface area contributed by atoms with Crippen LogP contribution >= 0.6 is 11.6 Å². The predicted molar refractivity (Wildman–Crippen MR) is 90.7 cm³/mol. The molecule has 1 aromatic carbocycles. The van der Waals surface area contributed by atoms with Crippen LogP contribution in [0.3, 0.4) is 0 Å². The number of pyridine rings is 1. The molecule has 26 heavy (non-hydrogen) atoms. The number of alkyl halides is 3. The molecule has 0 aliphatic carbocycles. The molecule has 1 amide bonds. The second-order valence-corrected chi connectivity index (χ2v) is 6.02. The van der Waals surface area contributed by atoms with Crippen molar-refractivity contribution in [2.45, 2.75) is 19.1 Å². The Kier molecular flexibility index (Phi) is 5.13. The third kappa shape index (κ3) is 4.13. The van der Waals surface area contributed by atoms with Crippen LogP contribution in [-0.4, -0.2) is 27.0 Å². The highest BCUT2D eigenvalue weighted by atomic mass is 35.5. The Balaban J connectivity index is 1.69. The number of rotatable bonds is 5. The molecular formula is C17H14ClF3N4O. The standard InChI is InChI=1S/C17H14ClF3N4O/c18-12-4-1-3-11(9-12)10-14(26)22-7-8-25-15-13(5-2-6-23-15)24-16(25)17(19,20)21/h1-6,9H,7-8,10H2,(H,22,26). The fourth-order valence-electron chi connectivity index (χ4n) is 2.59. The average molecular weight is 383 g/mol. The van der Waals surface area contributed by atoms with Crippen molar-refractivity contribution >= 4 is 28.7 Å². The summed E-state index contributed by atoms with van der Waals surface area (Å²) < 4.78 is 40.5. The number of nitrogens with zero attached hydrogens (tertiary/aromatic N) is 3. The molecule has 9 heteroatoms. The highest BCUT2D eigenvalue weighted by molar-refractivity contribution is 6.30. The van der Waals surface area contributed by atoms with E-state index in [-0.39, 0.29) is 36.6 Å². The molecule has 0 aliphatic rings. The van der Waals surface area contributed by atoms with Crippen molar-refractivity contribution in [3.8, 4) is 0 Å². The molecule has 0 fully saturated rings. The molecule has 0 radical (unpaired) electrons. The molecule has 0 aliphatic heterocycles. The molecule has 3 aromatic rings. The number of benzene rings is 1. The minimum atomic E-state index is -4.61. The quantitative estimate of drug-likeness (QED) is 0.735. The molecule has 136 valence electrons. The Morgan fingerprint density at radius 1 is 1.23 bits per heavy atom. The van der Waals surface area contributed by atoms with E-state index in [1.54, 1.807) is 24.3 Å². The summed E-state index contributed by atoms with van der Waals surface area (Å²) in [6.45, 7) is -0.0752. The van der Waals surface area contributed by atoms with Gasteiger partial charge in [-0.1, -0.05) is 23.7 Å². The first kappa shape index (κ1) is 18.2. The number of imidazole rings is 1. The van der Waals surface area contributed by atoms with Gasteiger partial charge in [-0.2, -0.15) is 13.2 Å². The first-order valence-corrected chi connectivity index (χ1v) is 8.12. The van der Waals surface area contributed by atoms with Gasteiger partial charge < -0.3 is 9.88 Å². The van der Waals surface area contributed by atoms with Gasteiger partial charge in [-0.3, -0.25) is 4.79 Å². The number of carbonyl (C=O) groups excluding carboxylic acids is 1. The predicted octanol–water partition coefficient (Wildman–Crippen LogP) is 3.46. The normalized spacial score (nSPS) is 11.7. The van der Waals surface area contributed by atoms with Gasteiger partial charge in [0.05, 0.1) is 6.42 Å². The number of amides is 1. The van der Waals surface area contributed by atoms with E-state index >= 15 is 0 Å². The van der Waals surface area contributed by atoms with Gasteiger partial charge in [0.15, 0.2) is 5.65 Å². The van der Waals surface area contributed by atoms with Crippen LogP contribution < -0.4 is 5.32 Å². The van der Waals surface area contributed by atoms with Gasteiger partial charge in [0.25, 0.3) is 0 Å². The monoisotopic (exact) mass is 382 g/mol. The second-order valence-electron chi connectivity index (χ2n) is 5.59. The lowest BCUT2D eigenvalue weighted by atomic mass is 10.1. The number of carbonyl (C=O) groups is 1. The molecular weight excluding hydrogens is 369 g/mol. The van der Waals surface area contributed by atoms with E-state index in [2.05, 4.69) is 15.3 Å². The highest BCUT2D eigenvalue weighted by Crippen LogP contribution is 2.30. The maximum Gasteiger partial charge on any atom is 0.449 e. The molecule has 0 unspecified atom stereocenters. The van der Waals surface area contributed by atoms with Crippen LogP contribution in [0.1, 0.15) is 11.4 Å². The van der Waals surface area contributed by atoms with Crippen molar-refractivity contribution in [1.82, 2.24) is 19.9 Å². The Bertz CT molecular complexity index is 939. The van der Waals surface area contributed by atoms with E-state index in [1.807, 2.05) is 0 Å². The van der Waals surface area contributed by atoms with Crippen molar-refractivity contribution in [2.75, 3.05) is 6.54 Å². The van der Waals surface area contributed by atoms with E-state index in [0.29, 0.717) is 5.02 Å². The van der Waals surface area contributed by atoms with Crippen LogP contribution in [0.2, 0.25) is 5.02 Å². The first-order chi connectivity index (χ1) is 12.3.